The van der Waals surface area contributed by atoms with Crippen molar-refractivity contribution < 1.29 is 9.21 Å². The van der Waals surface area contributed by atoms with Crippen molar-refractivity contribution in [1.29, 1.82) is 0 Å². The van der Waals surface area contributed by atoms with Crippen LogP contribution in [0.15, 0.2) is 33.5 Å². The Morgan fingerprint density at radius 2 is 2.26 bits per heavy atom. The van der Waals surface area contributed by atoms with Gasteiger partial charge in [-0.1, -0.05) is 17.3 Å². The molecule has 0 spiro atoms. The molecule has 23 heavy (non-hydrogen) atoms. The number of tetrazole rings is 1. The number of nitrogens with zero attached hydrogens (tertiary/aromatic N) is 4. The molecule has 1 amide bonds. The quantitative estimate of drug-likeness (QED) is 0.636. The second-order valence-corrected chi connectivity index (χ2v) is 5.10. The van der Waals surface area contributed by atoms with Crippen molar-refractivity contribution in [2.24, 2.45) is 0 Å². The first-order chi connectivity index (χ1) is 11.2. The highest BCUT2D eigenvalue weighted by atomic mass is 16.4. The standard InChI is InChI=1S/C14H16N6O3/c1-9(13(21)15-8-4-7-12-16-18-19-17-12)20-10-5-2-3-6-11(10)23-14(20)22/h2-3,5-6,9H,4,7-8H2,1H3,(H,15,21)(H,16,17,18,19). The van der Waals surface area contributed by atoms with Crippen LogP contribution in [0, 0.1) is 0 Å². The SMILES string of the molecule is CC(C(=O)NCCCc1nn[nH]n1)n1c(=O)oc2ccccc21. The smallest absolute Gasteiger partial charge is 0.408 e. The summed E-state index contributed by atoms with van der Waals surface area (Å²) in [7, 11) is 0. The van der Waals surface area contributed by atoms with E-state index in [0.29, 0.717) is 36.3 Å². The molecule has 0 aliphatic rings. The van der Waals surface area contributed by atoms with Crippen molar-refractivity contribution in [1.82, 2.24) is 30.5 Å². The number of rotatable bonds is 6. The summed E-state index contributed by atoms with van der Waals surface area (Å²) in [5.41, 5.74) is 1.07. The van der Waals surface area contributed by atoms with Crippen molar-refractivity contribution >= 4 is 17.0 Å². The molecule has 0 aliphatic carbocycles. The van der Waals surface area contributed by atoms with E-state index in [0.717, 1.165) is 0 Å². The van der Waals surface area contributed by atoms with E-state index >= 15 is 0 Å². The predicted octanol–water partition coefficient (Wildman–Crippen LogP) is 0.418. The van der Waals surface area contributed by atoms with E-state index in [1.807, 2.05) is 0 Å². The van der Waals surface area contributed by atoms with Gasteiger partial charge in [0.05, 0.1) is 5.52 Å². The Bertz CT molecular complexity index is 851. The fraction of sp³-hybridized carbons (Fsp3) is 0.357. The van der Waals surface area contributed by atoms with Gasteiger partial charge in [0.15, 0.2) is 11.4 Å². The molecule has 0 bridgehead atoms. The molecule has 0 aliphatic heterocycles. The summed E-state index contributed by atoms with van der Waals surface area (Å²) in [6.07, 6.45) is 1.29. The van der Waals surface area contributed by atoms with Gasteiger partial charge in [0.1, 0.15) is 6.04 Å². The lowest BCUT2D eigenvalue weighted by Gasteiger charge is -2.12. The number of aromatic amines is 1. The van der Waals surface area contributed by atoms with E-state index in [1.54, 1.807) is 31.2 Å². The highest BCUT2D eigenvalue weighted by molar-refractivity contribution is 5.82. The number of carbonyl (C=O) groups excluding carboxylic acids is 1. The van der Waals surface area contributed by atoms with Crippen molar-refractivity contribution in [3.63, 3.8) is 0 Å². The van der Waals surface area contributed by atoms with Crippen LogP contribution in [0.3, 0.4) is 0 Å². The maximum absolute atomic E-state index is 12.2. The van der Waals surface area contributed by atoms with Gasteiger partial charge < -0.3 is 9.73 Å². The summed E-state index contributed by atoms with van der Waals surface area (Å²) in [5.74, 6) is -0.184. The fourth-order valence-electron chi connectivity index (χ4n) is 2.36. The number of fused-ring (bicyclic) bond motifs is 1. The third kappa shape index (κ3) is 3.12. The number of benzene rings is 1. The van der Waals surface area contributed by atoms with Crippen LogP contribution in [0.2, 0.25) is 0 Å². The molecule has 0 fully saturated rings. The van der Waals surface area contributed by atoms with Crippen LogP contribution in [0.25, 0.3) is 11.1 Å². The van der Waals surface area contributed by atoms with E-state index in [4.69, 9.17) is 4.42 Å². The summed E-state index contributed by atoms with van der Waals surface area (Å²) in [5, 5.41) is 16.3. The molecule has 2 N–H and O–H groups in total. The number of amides is 1. The molecule has 0 radical (unpaired) electrons. The molecule has 1 aromatic carbocycles. The summed E-state index contributed by atoms with van der Waals surface area (Å²) >= 11 is 0. The Balaban J connectivity index is 1.62. The first-order valence-electron chi connectivity index (χ1n) is 7.27. The first-order valence-corrected chi connectivity index (χ1v) is 7.27. The second-order valence-electron chi connectivity index (χ2n) is 5.10. The Morgan fingerprint density at radius 3 is 3.04 bits per heavy atom. The minimum atomic E-state index is -0.656. The molecule has 1 atom stereocenters. The summed E-state index contributed by atoms with van der Waals surface area (Å²) in [4.78, 5) is 24.2. The minimum Gasteiger partial charge on any atom is -0.408 e. The summed E-state index contributed by atoms with van der Waals surface area (Å²) in [6.45, 7) is 2.13. The highest BCUT2D eigenvalue weighted by Crippen LogP contribution is 2.16. The minimum absolute atomic E-state index is 0.244. The maximum Gasteiger partial charge on any atom is 0.420 e. The lowest BCUT2D eigenvalue weighted by Crippen LogP contribution is -2.35. The van der Waals surface area contributed by atoms with Crippen molar-refractivity contribution in [2.75, 3.05) is 6.54 Å². The van der Waals surface area contributed by atoms with Gasteiger partial charge in [-0.3, -0.25) is 9.36 Å². The van der Waals surface area contributed by atoms with Gasteiger partial charge in [-0.25, -0.2) is 4.79 Å². The van der Waals surface area contributed by atoms with Crippen LogP contribution in [0.5, 0.6) is 0 Å². The molecule has 0 saturated heterocycles. The van der Waals surface area contributed by atoms with Crippen LogP contribution in [0.4, 0.5) is 0 Å². The summed E-state index contributed by atoms with van der Waals surface area (Å²) < 4.78 is 6.50. The average molecular weight is 316 g/mol. The number of nitrogens with one attached hydrogen (secondary N) is 2. The average Bonchev–Trinajstić information content (AvgIpc) is 3.17. The van der Waals surface area contributed by atoms with Gasteiger partial charge in [-0.05, 0) is 25.5 Å². The van der Waals surface area contributed by atoms with Crippen LogP contribution in [-0.2, 0) is 11.2 Å². The van der Waals surface area contributed by atoms with Crippen LogP contribution >= 0.6 is 0 Å². The zero-order chi connectivity index (χ0) is 16.2. The highest BCUT2D eigenvalue weighted by Gasteiger charge is 2.20. The molecule has 120 valence electrons. The Kier molecular flexibility index (Phi) is 4.18. The molecule has 1 unspecified atom stereocenters. The molecule has 0 saturated carbocycles. The van der Waals surface area contributed by atoms with Crippen molar-refractivity contribution in [3.05, 3.63) is 40.6 Å². The first kappa shape index (κ1) is 14.9. The molecule has 3 aromatic rings. The number of aromatic nitrogens is 5. The zero-order valence-electron chi connectivity index (χ0n) is 12.5. The fourth-order valence-corrected chi connectivity index (χ4v) is 2.36. The molecule has 3 rings (SSSR count). The second kappa shape index (κ2) is 6.42. The van der Waals surface area contributed by atoms with Crippen LogP contribution < -0.4 is 11.1 Å². The van der Waals surface area contributed by atoms with E-state index in [9.17, 15) is 9.59 Å². The van der Waals surface area contributed by atoms with E-state index in [-0.39, 0.29) is 5.91 Å². The van der Waals surface area contributed by atoms with Crippen LogP contribution in [0.1, 0.15) is 25.2 Å². The number of H-pyrrole nitrogens is 1. The van der Waals surface area contributed by atoms with Crippen molar-refractivity contribution in [2.45, 2.75) is 25.8 Å². The van der Waals surface area contributed by atoms with Gasteiger partial charge in [0.2, 0.25) is 5.91 Å². The number of oxazole rings is 1. The largest absolute Gasteiger partial charge is 0.420 e. The molecule has 9 heteroatoms. The van der Waals surface area contributed by atoms with Gasteiger partial charge in [-0.15, -0.1) is 10.2 Å². The third-order valence-corrected chi connectivity index (χ3v) is 3.55. The van der Waals surface area contributed by atoms with Crippen molar-refractivity contribution in [3.8, 4) is 0 Å². The Morgan fingerprint density at radius 1 is 1.43 bits per heavy atom. The Labute approximate surface area is 130 Å². The van der Waals surface area contributed by atoms with Crippen LogP contribution in [-0.4, -0.2) is 37.6 Å². The maximum atomic E-state index is 12.2. The number of carbonyl (C=O) groups is 1. The van der Waals surface area contributed by atoms with Gasteiger partial charge >= 0.3 is 5.76 Å². The van der Waals surface area contributed by atoms with Gasteiger partial charge in [-0.2, -0.15) is 5.21 Å². The predicted molar refractivity (Wildman–Crippen MR) is 80.7 cm³/mol. The van der Waals surface area contributed by atoms with Gasteiger partial charge in [0, 0.05) is 13.0 Å². The van der Waals surface area contributed by atoms with Gasteiger partial charge in [0.25, 0.3) is 0 Å². The number of para-hydroxylation sites is 2. The molecule has 2 heterocycles. The Hall–Kier alpha value is -2.97. The molecule has 2 aromatic heterocycles. The third-order valence-electron chi connectivity index (χ3n) is 3.55. The monoisotopic (exact) mass is 316 g/mol. The number of hydrogen-bond donors (Lipinski definition) is 2. The number of hydrogen-bond acceptors (Lipinski definition) is 6. The lowest BCUT2D eigenvalue weighted by molar-refractivity contribution is -0.123. The number of aryl methyl sites for hydroxylation is 1. The normalized spacial score (nSPS) is 12.4. The topological polar surface area (TPSA) is 119 Å². The lowest BCUT2D eigenvalue weighted by atomic mass is 10.2. The summed E-state index contributed by atoms with van der Waals surface area (Å²) in [6, 6.07) is 6.36. The van der Waals surface area contributed by atoms with E-state index < -0.39 is 11.8 Å². The molecular weight excluding hydrogens is 300 g/mol. The molecule has 9 nitrogen and oxygen atoms in total. The molecular formula is C14H16N6O3. The van der Waals surface area contributed by atoms with E-state index in [2.05, 4.69) is 25.9 Å². The zero-order valence-corrected chi connectivity index (χ0v) is 12.5. The van der Waals surface area contributed by atoms with E-state index in [1.165, 1.54) is 4.57 Å².